The number of benzene rings is 2. The third kappa shape index (κ3) is 5.22. The van der Waals surface area contributed by atoms with Gasteiger partial charge in [-0.05, 0) is 55.0 Å². The lowest BCUT2D eigenvalue weighted by Gasteiger charge is -2.06. The molecule has 2 aromatic heterocycles. The van der Waals surface area contributed by atoms with E-state index in [4.69, 9.17) is 4.74 Å². The third-order valence-corrected chi connectivity index (χ3v) is 4.64. The smallest absolute Gasteiger partial charge is 0.289 e. The van der Waals surface area contributed by atoms with Gasteiger partial charge in [-0.25, -0.2) is 5.43 Å². The zero-order valence-corrected chi connectivity index (χ0v) is 16.9. The number of hydrazone groups is 1. The molecule has 154 valence electrons. The summed E-state index contributed by atoms with van der Waals surface area (Å²) in [6.45, 7) is 2.32. The van der Waals surface area contributed by atoms with Crippen molar-refractivity contribution in [2.75, 3.05) is 0 Å². The van der Waals surface area contributed by atoms with Crippen molar-refractivity contribution >= 4 is 11.6 Å². The number of hydrogen-bond donors (Lipinski definition) is 2. The summed E-state index contributed by atoms with van der Waals surface area (Å²) in [5.74, 6) is 0.400. The van der Waals surface area contributed by atoms with Crippen LogP contribution in [0.1, 0.15) is 28.5 Å². The standard InChI is InChI=1S/C24H21N5O2/c1-17(19-11-13-25-14-12-19)26-29-24(30)23-15-22(27-28-23)20-7-9-21(10-8-20)31-16-18-5-3-2-4-6-18/h2-15H,16H2,1H3,(H,27,28)(H,29,30)/b26-17+. The first-order valence-corrected chi connectivity index (χ1v) is 9.76. The van der Waals surface area contributed by atoms with Crippen molar-refractivity contribution in [3.63, 3.8) is 0 Å². The second-order valence-corrected chi connectivity index (χ2v) is 6.84. The Morgan fingerprint density at radius 2 is 1.77 bits per heavy atom. The normalized spacial score (nSPS) is 11.2. The molecule has 0 spiro atoms. The van der Waals surface area contributed by atoms with E-state index in [-0.39, 0.29) is 5.91 Å². The number of amides is 1. The van der Waals surface area contributed by atoms with E-state index in [0.29, 0.717) is 23.7 Å². The van der Waals surface area contributed by atoms with Gasteiger partial charge in [0, 0.05) is 23.5 Å². The average molecular weight is 411 g/mol. The van der Waals surface area contributed by atoms with Gasteiger partial charge in [0.25, 0.3) is 5.91 Å². The molecule has 0 aliphatic heterocycles. The Hall–Kier alpha value is -4.26. The lowest BCUT2D eigenvalue weighted by molar-refractivity contribution is 0.0950. The van der Waals surface area contributed by atoms with Gasteiger partial charge in [0.15, 0.2) is 0 Å². The molecule has 1 amide bonds. The number of rotatable bonds is 7. The van der Waals surface area contributed by atoms with Crippen LogP contribution in [0.5, 0.6) is 5.75 Å². The summed E-state index contributed by atoms with van der Waals surface area (Å²) in [7, 11) is 0. The molecule has 0 atom stereocenters. The van der Waals surface area contributed by atoms with E-state index in [1.807, 2.05) is 73.7 Å². The van der Waals surface area contributed by atoms with Gasteiger partial charge < -0.3 is 4.74 Å². The minimum atomic E-state index is -0.366. The largest absolute Gasteiger partial charge is 0.489 e. The van der Waals surface area contributed by atoms with Crippen molar-refractivity contribution in [3.8, 4) is 17.0 Å². The Bertz CT molecular complexity index is 1170. The van der Waals surface area contributed by atoms with Crippen LogP contribution in [0.4, 0.5) is 0 Å². The van der Waals surface area contributed by atoms with E-state index in [0.717, 1.165) is 22.4 Å². The van der Waals surface area contributed by atoms with Gasteiger partial charge in [-0.3, -0.25) is 14.9 Å². The summed E-state index contributed by atoms with van der Waals surface area (Å²) in [4.78, 5) is 16.3. The fourth-order valence-corrected chi connectivity index (χ4v) is 2.90. The summed E-state index contributed by atoms with van der Waals surface area (Å²) >= 11 is 0. The van der Waals surface area contributed by atoms with Crippen LogP contribution in [-0.2, 0) is 6.61 Å². The number of hydrogen-bond acceptors (Lipinski definition) is 5. The van der Waals surface area contributed by atoms with E-state index < -0.39 is 0 Å². The maximum Gasteiger partial charge on any atom is 0.289 e. The van der Waals surface area contributed by atoms with Crippen molar-refractivity contribution in [3.05, 3.63) is 102 Å². The number of nitrogens with one attached hydrogen (secondary N) is 2. The van der Waals surface area contributed by atoms with E-state index >= 15 is 0 Å². The van der Waals surface area contributed by atoms with Crippen LogP contribution in [0.25, 0.3) is 11.3 Å². The van der Waals surface area contributed by atoms with Gasteiger partial charge in [-0.2, -0.15) is 10.2 Å². The first kappa shape index (κ1) is 20.0. The Morgan fingerprint density at radius 1 is 1.03 bits per heavy atom. The van der Waals surface area contributed by atoms with Gasteiger partial charge in [0.05, 0.1) is 11.4 Å². The molecule has 31 heavy (non-hydrogen) atoms. The molecule has 0 aliphatic carbocycles. The SMILES string of the molecule is C/C(=N\NC(=O)c1cc(-c2ccc(OCc3ccccc3)cc2)n[nH]1)c1ccncc1. The summed E-state index contributed by atoms with van der Waals surface area (Å²) in [5, 5.41) is 11.1. The van der Waals surface area contributed by atoms with Crippen molar-refractivity contribution < 1.29 is 9.53 Å². The molecule has 0 unspecified atom stereocenters. The molecule has 2 aromatic carbocycles. The fraction of sp³-hybridized carbons (Fsp3) is 0.0833. The van der Waals surface area contributed by atoms with Crippen LogP contribution in [0.2, 0.25) is 0 Å². The van der Waals surface area contributed by atoms with Crippen LogP contribution >= 0.6 is 0 Å². The number of carbonyl (C=O) groups is 1. The molecule has 7 nitrogen and oxygen atoms in total. The van der Waals surface area contributed by atoms with Gasteiger partial charge in [-0.15, -0.1) is 0 Å². The van der Waals surface area contributed by atoms with E-state index in [1.165, 1.54) is 0 Å². The number of aromatic amines is 1. The number of aromatic nitrogens is 3. The number of nitrogens with zero attached hydrogens (tertiary/aromatic N) is 3. The van der Waals surface area contributed by atoms with Crippen LogP contribution in [-0.4, -0.2) is 26.8 Å². The van der Waals surface area contributed by atoms with E-state index in [9.17, 15) is 4.79 Å². The average Bonchev–Trinajstić information content (AvgIpc) is 3.33. The molecule has 2 N–H and O–H groups in total. The first-order valence-electron chi connectivity index (χ1n) is 9.76. The lowest BCUT2D eigenvalue weighted by Crippen LogP contribution is -2.19. The van der Waals surface area contributed by atoms with Crippen LogP contribution in [0.15, 0.2) is 90.3 Å². The predicted octanol–water partition coefficient (Wildman–Crippen LogP) is 4.20. The molecule has 7 heteroatoms. The van der Waals surface area contributed by atoms with Crippen LogP contribution in [0.3, 0.4) is 0 Å². The molecule has 4 aromatic rings. The van der Waals surface area contributed by atoms with Crippen LogP contribution in [0, 0.1) is 0 Å². The number of H-pyrrole nitrogens is 1. The third-order valence-electron chi connectivity index (χ3n) is 4.64. The summed E-state index contributed by atoms with van der Waals surface area (Å²) < 4.78 is 5.81. The minimum Gasteiger partial charge on any atom is -0.489 e. The number of carbonyl (C=O) groups excluding carboxylic acids is 1. The van der Waals surface area contributed by atoms with Crippen molar-refractivity contribution in [2.24, 2.45) is 5.10 Å². The zero-order valence-electron chi connectivity index (χ0n) is 16.9. The highest BCUT2D eigenvalue weighted by atomic mass is 16.5. The summed E-state index contributed by atoms with van der Waals surface area (Å²) in [6, 6.07) is 22.9. The van der Waals surface area contributed by atoms with Crippen molar-refractivity contribution in [1.82, 2.24) is 20.6 Å². The molecule has 4 rings (SSSR count). The second kappa shape index (κ2) is 9.49. The molecule has 0 aliphatic rings. The Labute approximate surface area is 179 Å². The monoisotopic (exact) mass is 411 g/mol. The van der Waals surface area contributed by atoms with E-state index in [2.05, 4.69) is 25.7 Å². The molecule has 0 bridgehead atoms. The van der Waals surface area contributed by atoms with Gasteiger partial charge in [0.2, 0.25) is 0 Å². The van der Waals surface area contributed by atoms with Crippen molar-refractivity contribution in [1.29, 1.82) is 0 Å². The molecule has 2 heterocycles. The number of pyridine rings is 1. The van der Waals surface area contributed by atoms with Gasteiger partial charge in [-0.1, -0.05) is 30.3 Å². The molecule has 0 saturated heterocycles. The highest BCUT2D eigenvalue weighted by Gasteiger charge is 2.11. The lowest BCUT2D eigenvalue weighted by atomic mass is 10.1. The molecular weight excluding hydrogens is 390 g/mol. The maximum absolute atomic E-state index is 12.4. The minimum absolute atomic E-state index is 0.325. The first-order chi connectivity index (χ1) is 15.2. The Kier molecular flexibility index (Phi) is 6.13. The summed E-state index contributed by atoms with van der Waals surface area (Å²) in [6.07, 6.45) is 3.35. The van der Waals surface area contributed by atoms with E-state index in [1.54, 1.807) is 18.5 Å². The molecule has 0 saturated carbocycles. The molecular formula is C24H21N5O2. The van der Waals surface area contributed by atoms with Gasteiger partial charge >= 0.3 is 0 Å². The van der Waals surface area contributed by atoms with Gasteiger partial charge in [0.1, 0.15) is 18.1 Å². The highest BCUT2D eigenvalue weighted by molar-refractivity contribution is 6.00. The topological polar surface area (TPSA) is 92.3 Å². The maximum atomic E-state index is 12.4. The summed E-state index contributed by atoms with van der Waals surface area (Å²) in [5.41, 5.74) is 7.08. The Balaban J connectivity index is 1.37. The zero-order chi connectivity index (χ0) is 21.5. The highest BCUT2D eigenvalue weighted by Crippen LogP contribution is 2.22. The predicted molar refractivity (Wildman–Crippen MR) is 119 cm³/mol. The Morgan fingerprint density at radius 3 is 2.52 bits per heavy atom. The fourth-order valence-electron chi connectivity index (χ4n) is 2.90. The number of ether oxygens (including phenoxy) is 1. The quantitative estimate of drug-likeness (QED) is 0.352. The second-order valence-electron chi connectivity index (χ2n) is 6.84. The van der Waals surface area contributed by atoms with Crippen molar-refractivity contribution in [2.45, 2.75) is 13.5 Å². The van der Waals surface area contributed by atoms with Crippen LogP contribution < -0.4 is 10.2 Å². The molecule has 0 radical (unpaired) electrons. The molecule has 0 fully saturated rings.